The third kappa shape index (κ3) is 5.60. The van der Waals surface area contributed by atoms with Crippen LogP contribution in [0.5, 0.6) is 5.75 Å². The summed E-state index contributed by atoms with van der Waals surface area (Å²) in [4.78, 5) is 23.8. The van der Waals surface area contributed by atoms with E-state index in [1.807, 2.05) is 12.1 Å². The Balaban J connectivity index is 1.88. The minimum absolute atomic E-state index is 0.0209. The number of rotatable bonds is 5. The zero-order valence-corrected chi connectivity index (χ0v) is 14.7. The van der Waals surface area contributed by atoms with E-state index in [0.29, 0.717) is 5.56 Å². The van der Waals surface area contributed by atoms with Crippen molar-refractivity contribution in [3.05, 3.63) is 71.3 Å². The fraction of sp³-hybridized carbons (Fsp3) is 0.238. The van der Waals surface area contributed by atoms with Gasteiger partial charge in [0, 0.05) is 11.6 Å². The van der Waals surface area contributed by atoms with E-state index in [9.17, 15) is 14.7 Å². The molecule has 4 heteroatoms. The molecule has 0 saturated carbocycles. The average Bonchev–Trinajstić information content (AvgIpc) is 2.58. The van der Waals surface area contributed by atoms with Crippen molar-refractivity contribution in [1.82, 2.24) is 0 Å². The lowest BCUT2D eigenvalue weighted by atomic mass is 9.86. The highest BCUT2D eigenvalue weighted by Gasteiger charge is 2.14. The lowest BCUT2D eigenvalue weighted by Crippen LogP contribution is -2.14. The number of carbonyl (C=O) groups is 2. The van der Waals surface area contributed by atoms with Crippen LogP contribution in [0.3, 0.4) is 0 Å². The first-order valence-corrected chi connectivity index (χ1v) is 8.03. The molecule has 0 aromatic heterocycles. The van der Waals surface area contributed by atoms with E-state index >= 15 is 0 Å². The molecule has 1 N–H and O–H groups in total. The number of hydrogen-bond donors (Lipinski definition) is 1. The Bertz CT molecular complexity index is 763. The monoisotopic (exact) mass is 338 g/mol. The normalized spacial score (nSPS) is 11.5. The van der Waals surface area contributed by atoms with Gasteiger partial charge in [0.1, 0.15) is 5.75 Å². The molecule has 0 aliphatic carbocycles. The van der Waals surface area contributed by atoms with Crippen LogP contribution >= 0.6 is 0 Å². The van der Waals surface area contributed by atoms with Crippen molar-refractivity contribution in [3.8, 4) is 5.75 Å². The summed E-state index contributed by atoms with van der Waals surface area (Å²) < 4.78 is 4.98. The molecule has 0 atom stereocenters. The molecule has 0 heterocycles. The minimum atomic E-state index is -0.590. The second-order valence-corrected chi connectivity index (χ2v) is 6.78. The van der Waals surface area contributed by atoms with Gasteiger partial charge in [-0.1, -0.05) is 57.2 Å². The number of ether oxygens (including phenoxy) is 1. The number of aromatic hydroxyl groups is 1. The summed E-state index contributed by atoms with van der Waals surface area (Å²) in [6.07, 6.45) is 2.81. The van der Waals surface area contributed by atoms with Gasteiger partial charge in [0.25, 0.3) is 0 Å². The molecule has 0 amide bonds. The average molecular weight is 338 g/mol. The van der Waals surface area contributed by atoms with E-state index < -0.39 is 5.97 Å². The molecule has 0 saturated heterocycles. The van der Waals surface area contributed by atoms with Crippen LogP contribution in [0.4, 0.5) is 0 Å². The zero-order valence-electron chi connectivity index (χ0n) is 14.7. The van der Waals surface area contributed by atoms with Crippen molar-refractivity contribution in [2.45, 2.75) is 26.2 Å². The molecule has 0 aliphatic heterocycles. The number of hydrogen-bond acceptors (Lipinski definition) is 4. The summed E-state index contributed by atoms with van der Waals surface area (Å²) >= 11 is 0. The minimum Gasteiger partial charge on any atom is -0.508 e. The first-order chi connectivity index (χ1) is 11.8. The van der Waals surface area contributed by atoms with Gasteiger partial charge >= 0.3 is 5.97 Å². The van der Waals surface area contributed by atoms with E-state index in [4.69, 9.17) is 4.74 Å². The predicted octanol–water partition coefficient (Wildman–Crippen LogP) is 4.13. The highest BCUT2D eigenvalue weighted by atomic mass is 16.5. The van der Waals surface area contributed by atoms with E-state index in [2.05, 4.69) is 20.8 Å². The number of Topliss-reactive ketones (excluding diaryl/α,β-unsaturated/α-hetero) is 1. The SMILES string of the molecule is CC(C)(C)c1ccc(C(=O)COC(=O)/C=C/c2ccc(O)cc2)cc1. The van der Waals surface area contributed by atoms with E-state index in [1.54, 1.807) is 30.3 Å². The van der Waals surface area contributed by atoms with Crippen LogP contribution in [0.25, 0.3) is 6.08 Å². The number of benzene rings is 2. The van der Waals surface area contributed by atoms with Crippen LogP contribution in [0.2, 0.25) is 0 Å². The molecule has 4 nitrogen and oxygen atoms in total. The van der Waals surface area contributed by atoms with E-state index in [0.717, 1.165) is 11.1 Å². The van der Waals surface area contributed by atoms with Gasteiger partial charge in [-0.05, 0) is 34.8 Å². The Morgan fingerprint density at radius 2 is 1.60 bits per heavy atom. The second-order valence-electron chi connectivity index (χ2n) is 6.78. The smallest absolute Gasteiger partial charge is 0.331 e. The molecule has 2 rings (SSSR count). The molecular weight excluding hydrogens is 316 g/mol. The Hall–Kier alpha value is -2.88. The van der Waals surface area contributed by atoms with Gasteiger partial charge in [-0.25, -0.2) is 4.79 Å². The fourth-order valence-corrected chi connectivity index (χ4v) is 2.17. The Morgan fingerprint density at radius 1 is 1.00 bits per heavy atom. The van der Waals surface area contributed by atoms with E-state index in [1.165, 1.54) is 18.2 Å². The standard InChI is InChI=1S/C21H22O4/c1-21(2,3)17-9-7-16(8-10-17)19(23)14-25-20(24)13-6-15-4-11-18(22)12-5-15/h4-13,22H,14H2,1-3H3/b13-6+. The highest BCUT2D eigenvalue weighted by molar-refractivity contribution is 5.98. The first kappa shape index (κ1) is 18.5. The summed E-state index contributed by atoms with van der Waals surface area (Å²) in [7, 11) is 0. The van der Waals surface area contributed by atoms with Gasteiger partial charge < -0.3 is 9.84 Å². The Morgan fingerprint density at radius 3 is 2.16 bits per heavy atom. The maximum absolute atomic E-state index is 12.1. The third-order valence-electron chi connectivity index (χ3n) is 3.72. The Labute approximate surface area is 147 Å². The summed E-state index contributed by atoms with van der Waals surface area (Å²) in [5.41, 5.74) is 2.42. The van der Waals surface area contributed by atoms with Gasteiger partial charge in [-0.3, -0.25) is 4.79 Å². The Kier molecular flexibility index (Phi) is 5.75. The number of phenols is 1. The van der Waals surface area contributed by atoms with Crippen LogP contribution in [0, 0.1) is 0 Å². The quantitative estimate of drug-likeness (QED) is 0.506. The van der Waals surface area contributed by atoms with Crippen molar-refractivity contribution < 1.29 is 19.4 Å². The number of phenolic OH excluding ortho intramolecular Hbond substituents is 1. The molecule has 25 heavy (non-hydrogen) atoms. The van der Waals surface area contributed by atoms with Crippen molar-refractivity contribution in [2.75, 3.05) is 6.61 Å². The van der Waals surface area contributed by atoms with Crippen LogP contribution < -0.4 is 0 Å². The summed E-state index contributed by atoms with van der Waals surface area (Å²) in [5.74, 6) is -0.678. The molecule has 2 aromatic carbocycles. The van der Waals surface area contributed by atoms with Crippen molar-refractivity contribution in [3.63, 3.8) is 0 Å². The lowest BCUT2D eigenvalue weighted by molar-refractivity contribution is -0.136. The molecule has 0 aliphatic rings. The maximum Gasteiger partial charge on any atom is 0.331 e. The zero-order chi connectivity index (χ0) is 18.4. The molecule has 130 valence electrons. The van der Waals surface area contributed by atoms with Crippen molar-refractivity contribution >= 4 is 17.8 Å². The van der Waals surface area contributed by atoms with Gasteiger partial charge in [-0.15, -0.1) is 0 Å². The fourth-order valence-electron chi connectivity index (χ4n) is 2.17. The van der Waals surface area contributed by atoms with Crippen LogP contribution in [0.1, 0.15) is 42.3 Å². The molecule has 0 spiro atoms. The predicted molar refractivity (Wildman–Crippen MR) is 97.6 cm³/mol. The largest absolute Gasteiger partial charge is 0.508 e. The van der Waals surface area contributed by atoms with Gasteiger partial charge in [-0.2, -0.15) is 0 Å². The van der Waals surface area contributed by atoms with Gasteiger partial charge in [0.05, 0.1) is 0 Å². The maximum atomic E-state index is 12.1. The lowest BCUT2D eigenvalue weighted by Gasteiger charge is -2.18. The summed E-state index contributed by atoms with van der Waals surface area (Å²) in [5, 5.41) is 9.20. The number of carbonyl (C=O) groups excluding carboxylic acids is 2. The molecule has 0 radical (unpaired) electrons. The summed E-state index contributed by atoms with van der Waals surface area (Å²) in [6.45, 7) is 6.01. The molecule has 2 aromatic rings. The first-order valence-electron chi connectivity index (χ1n) is 8.03. The van der Waals surface area contributed by atoms with E-state index in [-0.39, 0.29) is 23.6 Å². The highest BCUT2D eigenvalue weighted by Crippen LogP contribution is 2.22. The van der Waals surface area contributed by atoms with Gasteiger partial charge in [0.2, 0.25) is 0 Å². The molecular formula is C21H22O4. The topological polar surface area (TPSA) is 63.6 Å². The molecule has 0 unspecified atom stereocenters. The van der Waals surface area contributed by atoms with Gasteiger partial charge in [0.15, 0.2) is 12.4 Å². The second kappa shape index (κ2) is 7.79. The third-order valence-corrected chi connectivity index (χ3v) is 3.72. The number of esters is 1. The van der Waals surface area contributed by atoms with Crippen LogP contribution in [-0.2, 0) is 14.9 Å². The van der Waals surface area contributed by atoms with Crippen molar-refractivity contribution in [2.24, 2.45) is 0 Å². The number of ketones is 1. The van der Waals surface area contributed by atoms with Crippen molar-refractivity contribution in [1.29, 1.82) is 0 Å². The molecule has 0 fully saturated rings. The van der Waals surface area contributed by atoms with Crippen LogP contribution in [0.15, 0.2) is 54.6 Å². The van der Waals surface area contributed by atoms with Crippen LogP contribution in [-0.4, -0.2) is 23.5 Å². The molecule has 0 bridgehead atoms. The summed E-state index contributed by atoms with van der Waals surface area (Å²) in [6, 6.07) is 13.7.